The zero-order chi connectivity index (χ0) is 19.6. The molecule has 0 saturated heterocycles. The Balaban J connectivity index is 1.75. The molecule has 0 radical (unpaired) electrons. The number of hydrogen-bond donors (Lipinski definition) is 1. The molecule has 0 fully saturated rings. The lowest BCUT2D eigenvalue weighted by molar-refractivity contribution is 0.0952. The van der Waals surface area contributed by atoms with E-state index < -0.39 is 0 Å². The standard InChI is InChI=1S/C22H27N3O2/c1-15-13-22(2,3)25(4)19-11-10-16(12-18(15)19)14-23-24-21(26)17-8-6-7-9-20(17)27-5/h6-12,14-15H,13H2,1-5H3,(H,24,26)/b23-14-/t15-/m1/s1. The molecule has 1 atom stereocenters. The number of methoxy groups -OCH3 is 1. The molecule has 5 heteroatoms. The van der Waals surface area contributed by atoms with Crippen LogP contribution in [0, 0.1) is 0 Å². The second kappa shape index (κ2) is 7.43. The summed E-state index contributed by atoms with van der Waals surface area (Å²) in [5.41, 5.74) is 6.72. The Morgan fingerprint density at radius 1 is 1.30 bits per heavy atom. The first-order valence-corrected chi connectivity index (χ1v) is 9.17. The molecule has 142 valence electrons. The van der Waals surface area contributed by atoms with Crippen LogP contribution in [-0.4, -0.2) is 31.8 Å². The highest BCUT2D eigenvalue weighted by Gasteiger charge is 2.33. The van der Waals surface area contributed by atoms with Gasteiger partial charge in [0.1, 0.15) is 5.75 Å². The van der Waals surface area contributed by atoms with Crippen LogP contribution in [-0.2, 0) is 0 Å². The number of nitrogens with one attached hydrogen (secondary N) is 1. The number of ether oxygens (including phenoxy) is 1. The van der Waals surface area contributed by atoms with Gasteiger partial charge in [0.15, 0.2) is 0 Å². The van der Waals surface area contributed by atoms with Gasteiger partial charge in [-0.15, -0.1) is 0 Å². The molecule has 3 rings (SSSR count). The van der Waals surface area contributed by atoms with Gasteiger partial charge in [0, 0.05) is 18.3 Å². The summed E-state index contributed by atoms with van der Waals surface area (Å²) >= 11 is 0. The molecule has 0 bridgehead atoms. The molecule has 0 saturated carbocycles. The van der Waals surface area contributed by atoms with E-state index in [0.717, 1.165) is 12.0 Å². The fraction of sp³-hybridized carbons (Fsp3) is 0.364. The van der Waals surface area contributed by atoms with E-state index in [1.807, 2.05) is 12.1 Å². The SMILES string of the molecule is COc1ccccc1C(=O)N/N=C\c1ccc2c(c1)[C@H](C)CC(C)(C)N2C. The lowest BCUT2D eigenvalue weighted by atomic mass is 9.80. The Morgan fingerprint density at radius 2 is 2.04 bits per heavy atom. The van der Waals surface area contributed by atoms with Crippen molar-refractivity contribution in [3.63, 3.8) is 0 Å². The van der Waals surface area contributed by atoms with Crippen LogP contribution in [0.25, 0.3) is 0 Å². The maximum absolute atomic E-state index is 12.3. The van der Waals surface area contributed by atoms with Crippen molar-refractivity contribution >= 4 is 17.8 Å². The zero-order valence-electron chi connectivity index (χ0n) is 16.6. The van der Waals surface area contributed by atoms with Gasteiger partial charge < -0.3 is 9.64 Å². The van der Waals surface area contributed by atoms with E-state index in [0.29, 0.717) is 17.2 Å². The van der Waals surface area contributed by atoms with Crippen molar-refractivity contribution in [2.24, 2.45) is 5.10 Å². The van der Waals surface area contributed by atoms with Crippen LogP contribution in [0.4, 0.5) is 5.69 Å². The van der Waals surface area contributed by atoms with Gasteiger partial charge >= 0.3 is 0 Å². The summed E-state index contributed by atoms with van der Waals surface area (Å²) in [5, 5.41) is 4.12. The third kappa shape index (κ3) is 3.82. The molecule has 2 aromatic rings. The first kappa shape index (κ1) is 19.0. The van der Waals surface area contributed by atoms with Gasteiger partial charge in [-0.05, 0) is 61.6 Å². The van der Waals surface area contributed by atoms with Crippen LogP contribution >= 0.6 is 0 Å². The number of amides is 1. The van der Waals surface area contributed by atoms with Crippen molar-refractivity contribution < 1.29 is 9.53 Å². The summed E-state index contributed by atoms with van der Waals surface area (Å²) in [7, 11) is 3.69. The van der Waals surface area contributed by atoms with Crippen molar-refractivity contribution in [2.45, 2.75) is 38.6 Å². The molecule has 5 nitrogen and oxygen atoms in total. The van der Waals surface area contributed by atoms with Gasteiger partial charge in [0.05, 0.1) is 18.9 Å². The predicted molar refractivity (Wildman–Crippen MR) is 110 cm³/mol. The van der Waals surface area contributed by atoms with Crippen LogP contribution in [0.3, 0.4) is 0 Å². The van der Waals surface area contributed by atoms with Crippen LogP contribution in [0.1, 0.15) is 54.6 Å². The Kier molecular flexibility index (Phi) is 5.22. The molecule has 27 heavy (non-hydrogen) atoms. The minimum Gasteiger partial charge on any atom is -0.496 e. The molecular weight excluding hydrogens is 338 g/mol. The summed E-state index contributed by atoms with van der Waals surface area (Å²) in [6, 6.07) is 13.4. The van der Waals surface area contributed by atoms with Crippen LogP contribution in [0.2, 0.25) is 0 Å². The summed E-state index contributed by atoms with van der Waals surface area (Å²) in [4.78, 5) is 14.6. The molecule has 0 aromatic heterocycles. The topological polar surface area (TPSA) is 53.9 Å². The number of benzene rings is 2. The highest BCUT2D eigenvalue weighted by molar-refractivity contribution is 5.97. The van der Waals surface area contributed by atoms with Crippen molar-refractivity contribution in [2.75, 3.05) is 19.1 Å². The average Bonchev–Trinajstić information content (AvgIpc) is 2.65. The van der Waals surface area contributed by atoms with E-state index in [1.165, 1.54) is 11.3 Å². The molecule has 1 amide bonds. The van der Waals surface area contributed by atoms with Crippen molar-refractivity contribution in [3.8, 4) is 5.75 Å². The predicted octanol–water partition coefficient (Wildman–Crippen LogP) is 4.18. The first-order chi connectivity index (χ1) is 12.8. The monoisotopic (exact) mass is 365 g/mol. The number of anilines is 1. The van der Waals surface area contributed by atoms with Crippen molar-refractivity contribution in [3.05, 3.63) is 59.2 Å². The fourth-order valence-electron chi connectivity index (χ4n) is 3.73. The number of carbonyl (C=O) groups is 1. The van der Waals surface area contributed by atoms with Gasteiger partial charge in [0.2, 0.25) is 0 Å². The van der Waals surface area contributed by atoms with E-state index >= 15 is 0 Å². The highest BCUT2D eigenvalue weighted by atomic mass is 16.5. The largest absolute Gasteiger partial charge is 0.496 e. The summed E-state index contributed by atoms with van der Waals surface area (Å²) in [5.74, 6) is 0.706. The lowest BCUT2D eigenvalue weighted by Gasteiger charge is -2.45. The van der Waals surface area contributed by atoms with Gasteiger partial charge in [0.25, 0.3) is 5.91 Å². The molecule has 0 spiro atoms. The fourth-order valence-corrected chi connectivity index (χ4v) is 3.73. The van der Waals surface area contributed by atoms with Crippen LogP contribution in [0.5, 0.6) is 5.75 Å². The minimum atomic E-state index is -0.295. The van der Waals surface area contributed by atoms with Crippen LogP contribution in [0.15, 0.2) is 47.6 Å². The number of fused-ring (bicyclic) bond motifs is 1. The Bertz CT molecular complexity index is 874. The number of hydrogen-bond acceptors (Lipinski definition) is 4. The normalized spacial score (nSPS) is 18.3. The zero-order valence-corrected chi connectivity index (χ0v) is 16.6. The first-order valence-electron chi connectivity index (χ1n) is 9.17. The molecule has 0 unspecified atom stereocenters. The Labute approximate surface area is 161 Å². The minimum absolute atomic E-state index is 0.144. The number of nitrogens with zero attached hydrogens (tertiary/aromatic N) is 2. The second-order valence-electron chi connectivity index (χ2n) is 7.69. The number of hydrazone groups is 1. The molecule has 1 heterocycles. The van der Waals surface area contributed by atoms with E-state index in [1.54, 1.807) is 31.5 Å². The molecule has 1 aliphatic rings. The smallest absolute Gasteiger partial charge is 0.275 e. The molecular formula is C22H27N3O2. The Hall–Kier alpha value is -2.82. The van der Waals surface area contributed by atoms with E-state index in [9.17, 15) is 4.79 Å². The quantitative estimate of drug-likeness (QED) is 0.653. The van der Waals surface area contributed by atoms with E-state index in [2.05, 4.69) is 55.4 Å². The third-order valence-electron chi connectivity index (χ3n) is 5.39. The molecule has 0 aliphatic carbocycles. The number of para-hydroxylation sites is 1. The van der Waals surface area contributed by atoms with Gasteiger partial charge in [-0.3, -0.25) is 4.79 Å². The number of rotatable bonds is 4. The Morgan fingerprint density at radius 3 is 2.78 bits per heavy atom. The second-order valence-corrected chi connectivity index (χ2v) is 7.69. The summed E-state index contributed by atoms with van der Waals surface area (Å²) in [6.45, 7) is 6.81. The van der Waals surface area contributed by atoms with Crippen molar-refractivity contribution in [1.29, 1.82) is 0 Å². The average molecular weight is 365 g/mol. The summed E-state index contributed by atoms with van der Waals surface area (Å²) < 4.78 is 5.21. The number of carbonyl (C=O) groups excluding carboxylic acids is 1. The maximum Gasteiger partial charge on any atom is 0.275 e. The van der Waals surface area contributed by atoms with E-state index in [-0.39, 0.29) is 11.4 Å². The summed E-state index contributed by atoms with van der Waals surface area (Å²) in [6.07, 6.45) is 2.78. The molecule has 1 N–H and O–H groups in total. The van der Waals surface area contributed by atoms with Crippen LogP contribution < -0.4 is 15.1 Å². The molecule has 1 aliphatic heterocycles. The van der Waals surface area contributed by atoms with Gasteiger partial charge in [-0.1, -0.05) is 25.1 Å². The lowest BCUT2D eigenvalue weighted by Crippen LogP contribution is -2.45. The third-order valence-corrected chi connectivity index (χ3v) is 5.39. The van der Waals surface area contributed by atoms with E-state index in [4.69, 9.17) is 4.74 Å². The highest BCUT2D eigenvalue weighted by Crippen LogP contribution is 2.42. The van der Waals surface area contributed by atoms with Gasteiger partial charge in [-0.25, -0.2) is 5.43 Å². The van der Waals surface area contributed by atoms with Gasteiger partial charge in [-0.2, -0.15) is 5.10 Å². The maximum atomic E-state index is 12.3. The van der Waals surface area contributed by atoms with Crippen molar-refractivity contribution in [1.82, 2.24) is 5.43 Å². The molecule has 2 aromatic carbocycles.